The highest BCUT2D eigenvalue weighted by atomic mass is 32.2. The number of imide groups is 1. The topological polar surface area (TPSA) is 85.8 Å². The predicted octanol–water partition coefficient (Wildman–Crippen LogP) is 5.77. The summed E-state index contributed by atoms with van der Waals surface area (Å²) in [4.78, 5) is 29.6. The van der Waals surface area contributed by atoms with Crippen LogP contribution >= 0.6 is 11.8 Å². The van der Waals surface area contributed by atoms with Gasteiger partial charge in [0.1, 0.15) is 35.2 Å². The SMILES string of the molecule is Cc1oc(-c2ccccc2)nc1COc1ccc2cc(C(C)CN3C(=O)CSC3=O)oc2c1. The van der Waals surface area contributed by atoms with E-state index < -0.39 is 0 Å². The number of hydrogen-bond donors (Lipinski definition) is 0. The lowest BCUT2D eigenvalue weighted by Crippen LogP contribution is -2.32. The van der Waals surface area contributed by atoms with E-state index in [-0.39, 0.29) is 29.4 Å². The molecule has 5 rings (SSSR count). The molecular weight excluding hydrogens is 440 g/mol. The molecule has 1 aliphatic heterocycles. The number of hydrogen-bond acceptors (Lipinski definition) is 7. The average molecular weight is 463 g/mol. The number of benzene rings is 2. The molecule has 1 saturated heterocycles. The fraction of sp³-hybridized carbons (Fsp3) is 0.240. The zero-order valence-electron chi connectivity index (χ0n) is 18.2. The molecule has 0 saturated carbocycles. The highest BCUT2D eigenvalue weighted by Gasteiger charge is 2.31. The average Bonchev–Trinajstić information content (AvgIpc) is 3.51. The zero-order chi connectivity index (χ0) is 22.9. The summed E-state index contributed by atoms with van der Waals surface area (Å²) in [7, 11) is 0. The van der Waals surface area contributed by atoms with Gasteiger partial charge in [0.2, 0.25) is 11.8 Å². The van der Waals surface area contributed by atoms with Crippen molar-refractivity contribution in [3.63, 3.8) is 0 Å². The number of aryl methyl sites for hydroxylation is 1. The molecule has 0 bridgehead atoms. The number of carbonyl (C=O) groups excluding carboxylic acids is 2. The number of amides is 2. The first-order valence-corrected chi connectivity index (χ1v) is 11.6. The normalized spacial score (nSPS) is 14.9. The van der Waals surface area contributed by atoms with Crippen molar-refractivity contribution in [2.75, 3.05) is 12.3 Å². The van der Waals surface area contributed by atoms with Gasteiger partial charge in [0.05, 0.1) is 5.75 Å². The van der Waals surface area contributed by atoms with E-state index in [2.05, 4.69) is 4.98 Å². The maximum atomic E-state index is 11.9. The van der Waals surface area contributed by atoms with Crippen molar-refractivity contribution in [3.05, 3.63) is 71.8 Å². The lowest BCUT2D eigenvalue weighted by molar-refractivity contribution is -0.124. The number of thioether (sulfide) groups is 1. The second kappa shape index (κ2) is 8.78. The Kier molecular flexibility index (Phi) is 5.68. The Balaban J connectivity index is 1.28. The Bertz CT molecular complexity index is 1310. The predicted molar refractivity (Wildman–Crippen MR) is 125 cm³/mol. The molecule has 0 aliphatic carbocycles. The highest BCUT2D eigenvalue weighted by molar-refractivity contribution is 8.14. The van der Waals surface area contributed by atoms with Gasteiger partial charge in [-0.2, -0.15) is 0 Å². The molecule has 0 spiro atoms. The van der Waals surface area contributed by atoms with Crippen LogP contribution in [-0.2, 0) is 11.4 Å². The van der Waals surface area contributed by atoms with Crippen molar-refractivity contribution < 1.29 is 23.2 Å². The van der Waals surface area contributed by atoms with Crippen LogP contribution in [0, 0.1) is 6.92 Å². The largest absolute Gasteiger partial charge is 0.487 e. The zero-order valence-corrected chi connectivity index (χ0v) is 19.1. The van der Waals surface area contributed by atoms with Gasteiger partial charge in [0, 0.05) is 29.5 Å². The highest BCUT2D eigenvalue weighted by Crippen LogP contribution is 2.31. The number of oxazole rings is 1. The van der Waals surface area contributed by atoms with Crippen molar-refractivity contribution >= 4 is 33.9 Å². The van der Waals surface area contributed by atoms with Crippen molar-refractivity contribution in [3.8, 4) is 17.2 Å². The molecule has 7 nitrogen and oxygen atoms in total. The van der Waals surface area contributed by atoms with Crippen molar-refractivity contribution in [1.29, 1.82) is 0 Å². The molecular formula is C25H22N2O5S. The van der Waals surface area contributed by atoms with E-state index in [0.717, 1.165) is 34.2 Å². The second-order valence-electron chi connectivity index (χ2n) is 7.98. The van der Waals surface area contributed by atoms with Gasteiger partial charge < -0.3 is 13.6 Å². The third-order valence-electron chi connectivity index (χ3n) is 5.58. The summed E-state index contributed by atoms with van der Waals surface area (Å²) >= 11 is 1.04. The van der Waals surface area contributed by atoms with Crippen LogP contribution in [0.2, 0.25) is 0 Å². The van der Waals surface area contributed by atoms with E-state index in [1.54, 1.807) is 0 Å². The minimum atomic E-state index is -0.197. The van der Waals surface area contributed by atoms with Crippen LogP contribution in [-0.4, -0.2) is 33.3 Å². The molecule has 33 heavy (non-hydrogen) atoms. The molecule has 168 valence electrons. The van der Waals surface area contributed by atoms with E-state index >= 15 is 0 Å². The molecule has 0 radical (unpaired) electrons. The minimum Gasteiger partial charge on any atom is -0.487 e. The number of carbonyl (C=O) groups is 2. The number of aromatic nitrogens is 1. The van der Waals surface area contributed by atoms with E-state index in [9.17, 15) is 9.59 Å². The Hall–Kier alpha value is -3.52. The van der Waals surface area contributed by atoms with Crippen molar-refractivity contribution in [2.24, 2.45) is 0 Å². The molecule has 1 atom stereocenters. The van der Waals surface area contributed by atoms with Crippen LogP contribution in [0.25, 0.3) is 22.4 Å². The standard InChI is InChI=1S/C25H22N2O5S/c1-15(12-27-23(28)14-33-25(27)29)21-10-18-8-9-19(11-22(18)32-21)30-13-20-16(2)31-24(26-20)17-6-4-3-5-7-17/h3-11,15H,12-14H2,1-2H3. The molecule has 1 aliphatic rings. The molecule has 8 heteroatoms. The van der Waals surface area contributed by atoms with Gasteiger partial charge in [0.15, 0.2) is 0 Å². The fourth-order valence-corrected chi connectivity index (χ4v) is 4.44. The number of ether oxygens (including phenoxy) is 1. The minimum absolute atomic E-state index is 0.109. The molecule has 3 heterocycles. The number of rotatable bonds is 7. The molecule has 2 aromatic carbocycles. The molecule has 1 unspecified atom stereocenters. The summed E-state index contributed by atoms with van der Waals surface area (Å²) in [5.74, 6) is 2.61. The number of fused-ring (bicyclic) bond motifs is 1. The van der Waals surface area contributed by atoms with E-state index in [4.69, 9.17) is 13.6 Å². The van der Waals surface area contributed by atoms with Crippen LogP contribution < -0.4 is 4.74 Å². The summed E-state index contributed by atoms with van der Waals surface area (Å²) in [5.41, 5.74) is 2.34. The first-order chi connectivity index (χ1) is 16.0. The lowest BCUT2D eigenvalue weighted by Gasteiger charge is -2.16. The van der Waals surface area contributed by atoms with Gasteiger partial charge in [-0.3, -0.25) is 14.5 Å². The Morgan fingerprint density at radius 1 is 1.12 bits per heavy atom. The quantitative estimate of drug-likeness (QED) is 0.344. The van der Waals surface area contributed by atoms with Gasteiger partial charge in [-0.1, -0.05) is 36.9 Å². The second-order valence-corrected chi connectivity index (χ2v) is 8.91. The van der Waals surface area contributed by atoms with Gasteiger partial charge in [-0.05, 0) is 37.3 Å². The van der Waals surface area contributed by atoms with Gasteiger partial charge in [-0.25, -0.2) is 4.98 Å². The maximum absolute atomic E-state index is 11.9. The molecule has 2 aromatic heterocycles. The Morgan fingerprint density at radius 2 is 1.94 bits per heavy atom. The summed E-state index contributed by atoms with van der Waals surface area (Å²) < 4.78 is 17.8. The first-order valence-electron chi connectivity index (χ1n) is 10.6. The smallest absolute Gasteiger partial charge is 0.288 e. The van der Waals surface area contributed by atoms with Gasteiger partial charge >= 0.3 is 0 Å². The van der Waals surface area contributed by atoms with E-state index in [1.807, 2.05) is 68.4 Å². The number of furan rings is 1. The van der Waals surface area contributed by atoms with Crippen LogP contribution in [0.4, 0.5) is 4.79 Å². The van der Waals surface area contributed by atoms with E-state index in [1.165, 1.54) is 4.90 Å². The molecule has 0 N–H and O–H groups in total. The summed E-state index contributed by atoms with van der Waals surface area (Å²) in [6.45, 7) is 4.39. The van der Waals surface area contributed by atoms with Crippen LogP contribution in [0.3, 0.4) is 0 Å². The summed E-state index contributed by atoms with van der Waals surface area (Å²) in [6.07, 6.45) is 0. The van der Waals surface area contributed by atoms with Gasteiger partial charge in [-0.15, -0.1) is 0 Å². The molecule has 1 fully saturated rings. The fourth-order valence-electron chi connectivity index (χ4n) is 3.70. The summed E-state index contributed by atoms with van der Waals surface area (Å²) in [6, 6.07) is 17.3. The summed E-state index contributed by atoms with van der Waals surface area (Å²) in [5, 5.41) is 0.735. The van der Waals surface area contributed by atoms with Crippen LogP contribution in [0.1, 0.15) is 30.1 Å². The van der Waals surface area contributed by atoms with Crippen LogP contribution in [0.5, 0.6) is 5.75 Å². The van der Waals surface area contributed by atoms with Crippen molar-refractivity contribution in [2.45, 2.75) is 26.4 Å². The van der Waals surface area contributed by atoms with Crippen molar-refractivity contribution in [1.82, 2.24) is 9.88 Å². The molecule has 2 amide bonds. The monoisotopic (exact) mass is 462 g/mol. The third-order valence-corrected chi connectivity index (χ3v) is 6.44. The first kappa shape index (κ1) is 21.3. The Morgan fingerprint density at radius 3 is 2.70 bits per heavy atom. The Labute approximate surface area is 194 Å². The van der Waals surface area contributed by atoms with Crippen LogP contribution in [0.15, 0.2) is 63.4 Å². The molecule has 4 aromatic rings. The third kappa shape index (κ3) is 4.39. The van der Waals surface area contributed by atoms with E-state index in [0.29, 0.717) is 29.5 Å². The van der Waals surface area contributed by atoms with Gasteiger partial charge in [0.25, 0.3) is 5.24 Å². The number of nitrogens with zero attached hydrogens (tertiary/aromatic N) is 2. The maximum Gasteiger partial charge on any atom is 0.288 e. The lowest BCUT2D eigenvalue weighted by atomic mass is 10.1.